The quantitative estimate of drug-likeness (QED) is 0.425. The first-order valence-corrected chi connectivity index (χ1v) is 9.29. The summed E-state index contributed by atoms with van der Waals surface area (Å²) < 4.78 is 5.16. The SMILES string of the molecule is COc1ccc(CCCCCCCCC(=O)c2c(O)cccc2O)cc1. The van der Waals surface area contributed by atoms with Crippen LogP contribution < -0.4 is 4.74 Å². The number of unbranched alkanes of at least 4 members (excludes halogenated alkanes) is 5. The number of ether oxygens (including phenoxy) is 1. The minimum Gasteiger partial charge on any atom is -0.507 e. The van der Waals surface area contributed by atoms with Crippen LogP contribution in [0.2, 0.25) is 0 Å². The molecule has 0 heterocycles. The molecule has 0 spiro atoms. The van der Waals surface area contributed by atoms with E-state index in [1.54, 1.807) is 7.11 Å². The number of hydrogen-bond donors (Lipinski definition) is 2. The Bertz CT molecular complexity index is 672. The number of carbonyl (C=O) groups is 1. The van der Waals surface area contributed by atoms with Gasteiger partial charge in [0.05, 0.1) is 7.11 Å². The van der Waals surface area contributed by atoms with Gasteiger partial charge < -0.3 is 14.9 Å². The summed E-state index contributed by atoms with van der Waals surface area (Å²) in [5.74, 6) is 0.405. The van der Waals surface area contributed by atoms with E-state index in [1.165, 1.54) is 30.2 Å². The lowest BCUT2D eigenvalue weighted by atomic mass is 10.0. The van der Waals surface area contributed by atoms with E-state index in [1.807, 2.05) is 12.1 Å². The molecule has 0 aliphatic rings. The van der Waals surface area contributed by atoms with Gasteiger partial charge in [-0.1, -0.05) is 43.9 Å². The Hall–Kier alpha value is -2.49. The average Bonchev–Trinajstić information content (AvgIpc) is 2.64. The third-order valence-electron chi connectivity index (χ3n) is 4.58. The Balaban J connectivity index is 1.56. The van der Waals surface area contributed by atoms with Crippen molar-refractivity contribution in [1.82, 2.24) is 0 Å². The maximum atomic E-state index is 12.1. The Morgan fingerprint density at radius 3 is 2.04 bits per heavy atom. The monoisotopic (exact) mass is 356 g/mol. The van der Waals surface area contributed by atoms with Gasteiger partial charge in [-0.3, -0.25) is 4.79 Å². The smallest absolute Gasteiger partial charge is 0.170 e. The molecule has 0 fully saturated rings. The molecule has 4 nitrogen and oxygen atoms in total. The number of phenolic OH excluding ortho intramolecular Hbond substituents is 2. The van der Waals surface area contributed by atoms with Crippen LogP contribution in [0.15, 0.2) is 42.5 Å². The van der Waals surface area contributed by atoms with Crippen LogP contribution in [0.4, 0.5) is 0 Å². The average molecular weight is 356 g/mol. The van der Waals surface area contributed by atoms with Gasteiger partial charge >= 0.3 is 0 Å². The molecule has 0 amide bonds. The normalized spacial score (nSPS) is 10.7. The third-order valence-corrected chi connectivity index (χ3v) is 4.58. The number of Topliss-reactive ketones (excluding diaryl/α,β-unsaturated/α-hetero) is 1. The summed E-state index contributed by atoms with van der Waals surface area (Å²) in [6.45, 7) is 0. The molecule has 0 aromatic heterocycles. The highest BCUT2D eigenvalue weighted by molar-refractivity contribution is 6.01. The van der Waals surface area contributed by atoms with Gasteiger partial charge in [0.2, 0.25) is 0 Å². The maximum absolute atomic E-state index is 12.1. The van der Waals surface area contributed by atoms with Gasteiger partial charge in [0.1, 0.15) is 22.8 Å². The van der Waals surface area contributed by atoms with E-state index in [9.17, 15) is 15.0 Å². The highest BCUT2D eigenvalue weighted by atomic mass is 16.5. The Morgan fingerprint density at radius 2 is 1.42 bits per heavy atom. The number of aromatic hydroxyl groups is 2. The summed E-state index contributed by atoms with van der Waals surface area (Å²) in [7, 11) is 1.67. The maximum Gasteiger partial charge on any atom is 0.170 e. The van der Waals surface area contributed by atoms with Crippen LogP contribution >= 0.6 is 0 Å². The molecule has 0 saturated carbocycles. The lowest BCUT2D eigenvalue weighted by Crippen LogP contribution is -2.00. The van der Waals surface area contributed by atoms with E-state index >= 15 is 0 Å². The topological polar surface area (TPSA) is 66.8 Å². The minimum atomic E-state index is -0.194. The van der Waals surface area contributed by atoms with E-state index in [0.29, 0.717) is 6.42 Å². The summed E-state index contributed by atoms with van der Waals surface area (Å²) in [4.78, 5) is 12.1. The van der Waals surface area contributed by atoms with Crippen LogP contribution in [-0.4, -0.2) is 23.1 Å². The fourth-order valence-corrected chi connectivity index (χ4v) is 3.05. The zero-order chi connectivity index (χ0) is 18.8. The summed E-state index contributed by atoms with van der Waals surface area (Å²) in [5, 5.41) is 19.4. The van der Waals surface area contributed by atoms with Gasteiger partial charge in [-0.25, -0.2) is 0 Å². The fraction of sp³-hybridized carbons (Fsp3) is 0.409. The molecule has 0 bridgehead atoms. The summed E-state index contributed by atoms with van der Waals surface area (Å²) >= 11 is 0. The van der Waals surface area contributed by atoms with Crippen molar-refractivity contribution >= 4 is 5.78 Å². The van der Waals surface area contributed by atoms with E-state index in [-0.39, 0.29) is 22.8 Å². The Morgan fingerprint density at radius 1 is 0.846 bits per heavy atom. The van der Waals surface area contributed by atoms with Crippen LogP contribution in [0.3, 0.4) is 0 Å². The number of aryl methyl sites for hydroxylation is 1. The van der Waals surface area contributed by atoms with E-state index < -0.39 is 0 Å². The van der Waals surface area contributed by atoms with Gasteiger partial charge in [0, 0.05) is 6.42 Å². The molecule has 4 heteroatoms. The number of phenols is 2. The van der Waals surface area contributed by atoms with Gasteiger partial charge in [0.25, 0.3) is 0 Å². The Kier molecular flexibility index (Phi) is 8.00. The molecule has 0 radical (unpaired) electrons. The first kappa shape index (κ1) is 19.8. The molecular formula is C22H28O4. The van der Waals surface area contributed by atoms with Gasteiger partial charge in [-0.05, 0) is 49.1 Å². The van der Waals surface area contributed by atoms with E-state index in [2.05, 4.69) is 12.1 Å². The molecule has 0 aliphatic carbocycles. The Labute approximate surface area is 155 Å². The second-order valence-corrected chi connectivity index (χ2v) is 6.56. The molecule has 140 valence electrons. The number of ketones is 1. The lowest BCUT2D eigenvalue weighted by Gasteiger charge is -2.06. The van der Waals surface area contributed by atoms with Crippen molar-refractivity contribution in [2.45, 2.75) is 51.4 Å². The van der Waals surface area contributed by atoms with Crippen molar-refractivity contribution in [1.29, 1.82) is 0 Å². The van der Waals surface area contributed by atoms with E-state index in [4.69, 9.17) is 4.74 Å². The van der Waals surface area contributed by atoms with Crippen molar-refractivity contribution in [3.8, 4) is 17.2 Å². The zero-order valence-electron chi connectivity index (χ0n) is 15.4. The lowest BCUT2D eigenvalue weighted by molar-refractivity contribution is 0.0973. The first-order chi connectivity index (χ1) is 12.6. The fourth-order valence-electron chi connectivity index (χ4n) is 3.05. The van der Waals surface area contributed by atoms with Crippen molar-refractivity contribution < 1.29 is 19.7 Å². The number of hydrogen-bond acceptors (Lipinski definition) is 4. The van der Waals surface area contributed by atoms with Crippen LogP contribution in [0, 0.1) is 0 Å². The number of methoxy groups -OCH3 is 1. The van der Waals surface area contributed by atoms with E-state index in [0.717, 1.165) is 44.3 Å². The van der Waals surface area contributed by atoms with Crippen LogP contribution in [0.1, 0.15) is 60.9 Å². The molecular weight excluding hydrogens is 328 g/mol. The predicted molar refractivity (Wildman–Crippen MR) is 103 cm³/mol. The van der Waals surface area contributed by atoms with Gasteiger partial charge in [-0.2, -0.15) is 0 Å². The molecule has 2 aromatic rings. The van der Waals surface area contributed by atoms with Crippen molar-refractivity contribution in [3.63, 3.8) is 0 Å². The number of benzene rings is 2. The summed E-state index contributed by atoms with van der Waals surface area (Å²) in [6, 6.07) is 12.6. The van der Waals surface area contributed by atoms with Crippen LogP contribution in [0.5, 0.6) is 17.2 Å². The highest BCUT2D eigenvalue weighted by Gasteiger charge is 2.15. The third kappa shape index (κ3) is 6.10. The highest BCUT2D eigenvalue weighted by Crippen LogP contribution is 2.28. The van der Waals surface area contributed by atoms with Gasteiger partial charge in [-0.15, -0.1) is 0 Å². The summed E-state index contributed by atoms with van der Waals surface area (Å²) in [5.41, 5.74) is 1.38. The molecule has 2 rings (SSSR count). The molecule has 0 saturated heterocycles. The van der Waals surface area contributed by atoms with Crippen LogP contribution in [0.25, 0.3) is 0 Å². The molecule has 2 N–H and O–H groups in total. The molecule has 0 atom stereocenters. The van der Waals surface area contributed by atoms with Crippen molar-refractivity contribution in [3.05, 3.63) is 53.6 Å². The second-order valence-electron chi connectivity index (χ2n) is 6.56. The molecule has 0 aliphatic heterocycles. The van der Waals surface area contributed by atoms with Crippen LogP contribution in [-0.2, 0) is 6.42 Å². The molecule has 0 unspecified atom stereocenters. The standard InChI is InChI=1S/C22H28O4/c1-26-18-15-13-17(14-16-18)9-6-4-2-3-5-7-10-19(23)22-20(24)11-8-12-21(22)25/h8,11-16,24-25H,2-7,9-10H2,1H3. The predicted octanol–water partition coefficient (Wildman–Crippen LogP) is 5.26. The second kappa shape index (κ2) is 10.5. The largest absolute Gasteiger partial charge is 0.507 e. The van der Waals surface area contributed by atoms with Gasteiger partial charge in [0.15, 0.2) is 5.78 Å². The van der Waals surface area contributed by atoms with Crippen molar-refractivity contribution in [2.24, 2.45) is 0 Å². The van der Waals surface area contributed by atoms with Crippen molar-refractivity contribution in [2.75, 3.05) is 7.11 Å². The number of rotatable bonds is 11. The summed E-state index contributed by atoms with van der Waals surface area (Å²) in [6.07, 6.45) is 7.81. The first-order valence-electron chi connectivity index (χ1n) is 9.29. The zero-order valence-corrected chi connectivity index (χ0v) is 15.4. The molecule has 2 aromatic carbocycles. The minimum absolute atomic E-state index is 0.0481. The molecule has 26 heavy (non-hydrogen) atoms. The number of carbonyl (C=O) groups excluding carboxylic acids is 1.